The maximum absolute atomic E-state index is 12.6. The lowest BCUT2D eigenvalue weighted by atomic mass is 10.2. The first-order valence-corrected chi connectivity index (χ1v) is 9.23. The van der Waals surface area contributed by atoms with Gasteiger partial charge in [0.1, 0.15) is 18.1 Å². The zero-order valence-corrected chi connectivity index (χ0v) is 16.4. The Balaban J connectivity index is 1.78. The minimum absolute atomic E-state index is 0.00512. The third-order valence-electron chi connectivity index (χ3n) is 3.63. The molecule has 0 aliphatic carbocycles. The highest BCUT2D eigenvalue weighted by atomic mass is 127. The summed E-state index contributed by atoms with van der Waals surface area (Å²) in [5.41, 5.74) is 1.33. The number of esters is 1. The van der Waals surface area contributed by atoms with E-state index in [9.17, 15) is 9.59 Å². The van der Waals surface area contributed by atoms with Crippen molar-refractivity contribution in [2.75, 3.05) is 0 Å². The minimum atomic E-state index is -0.644. The third-order valence-corrected chi connectivity index (χ3v) is 4.57. The Bertz CT molecular complexity index is 949. The number of carbonyl (C=O) groups excluding carboxylic acids is 2. The van der Waals surface area contributed by atoms with Crippen molar-refractivity contribution in [1.82, 2.24) is 5.32 Å². The smallest absolute Gasteiger partial charge is 0.355 e. The predicted molar refractivity (Wildman–Crippen MR) is 110 cm³/mol. The highest BCUT2D eigenvalue weighted by Crippen LogP contribution is 2.14. The second-order valence-corrected chi connectivity index (χ2v) is 6.73. The molecule has 0 bridgehead atoms. The summed E-state index contributed by atoms with van der Waals surface area (Å²) in [5.74, 6) is -0.603. The van der Waals surface area contributed by atoms with Crippen LogP contribution in [0.4, 0.5) is 0 Å². The number of rotatable bonds is 6. The van der Waals surface area contributed by atoms with E-state index in [1.54, 1.807) is 24.3 Å². The predicted octanol–water partition coefficient (Wildman–Crippen LogP) is 4.40. The monoisotopic (exact) mass is 473 g/mol. The first-order valence-electron chi connectivity index (χ1n) is 8.15. The first kappa shape index (κ1) is 18.9. The number of halogens is 1. The van der Waals surface area contributed by atoms with Crippen molar-refractivity contribution in [2.45, 2.75) is 6.61 Å². The van der Waals surface area contributed by atoms with Gasteiger partial charge in [-0.05, 0) is 52.4 Å². The van der Waals surface area contributed by atoms with Crippen molar-refractivity contribution < 1.29 is 18.7 Å². The Hall–Kier alpha value is -2.87. The van der Waals surface area contributed by atoms with Crippen LogP contribution in [0, 0.1) is 3.57 Å². The van der Waals surface area contributed by atoms with E-state index in [1.165, 1.54) is 12.3 Å². The number of furan rings is 1. The summed E-state index contributed by atoms with van der Waals surface area (Å²) in [6, 6.07) is 19.8. The number of carbonyl (C=O) groups is 2. The molecule has 5 nitrogen and oxygen atoms in total. The van der Waals surface area contributed by atoms with E-state index in [0.29, 0.717) is 11.3 Å². The number of nitrogens with one attached hydrogen (secondary N) is 1. The third kappa shape index (κ3) is 5.30. The zero-order valence-electron chi connectivity index (χ0n) is 14.2. The molecule has 3 aromatic rings. The Morgan fingerprint density at radius 1 is 1.00 bits per heavy atom. The van der Waals surface area contributed by atoms with Gasteiger partial charge in [0.15, 0.2) is 0 Å². The van der Waals surface area contributed by atoms with Crippen LogP contribution in [0.3, 0.4) is 0 Å². The molecule has 0 saturated heterocycles. The molecule has 0 aliphatic rings. The van der Waals surface area contributed by atoms with Crippen LogP contribution in [0.5, 0.6) is 0 Å². The van der Waals surface area contributed by atoms with Gasteiger partial charge >= 0.3 is 5.97 Å². The molecule has 2 aromatic carbocycles. The first-order chi connectivity index (χ1) is 13.1. The molecule has 1 amide bonds. The summed E-state index contributed by atoms with van der Waals surface area (Å²) in [6.07, 6.45) is 2.93. The van der Waals surface area contributed by atoms with Crippen molar-refractivity contribution in [3.8, 4) is 0 Å². The van der Waals surface area contributed by atoms with E-state index in [0.717, 1.165) is 9.13 Å². The van der Waals surface area contributed by atoms with Crippen LogP contribution in [0.1, 0.15) is 21.7 Å². The second-order valence-electron chi connectivity index (χ2n) is 5.57. The molecule has 27 heavy (non-hydrogen) atoms. The fourth-order valence-electron chi connectivity index (χ4n) is 2.30. The van der Waals surface area contributed by atoms with Gasteiger partial charge in [-0.25, -0.2) is 4.79 Å². The molecule has 3 rings (SSSR count). The number of benzene rings is 2. The van der Waals surface area contributed by atoms with Crippen molar-refractivity contribution in [1.29, 1.82) is 0 Å². The number of hydrogen-bond acceptors (Lipinski definition) is 4. The normalized spacial score (nSPS) is 11.1. The summed E-state index contributed by atoms with van der Waals surface area (Å²) in [7, 11) is 0. The van der Waals surface area contributed by atoms with Crippen LogP contribution >= 0.6 is 22.6 Å². The zero-order chi connectivity index (χ0) is 19.1. The van der Waals surface area contributed by atoms with Gasteiger partial charge in [-0.3, -0.25) is 4.79 Å². The summed E-state index contributed by atoms with van der Waals surface area (Å²) in [6.45, 7) is 0.105. The van der Waals surface area contributed by atoms with Crippen molar-refractivity contribution in [3.05, 3.63) is 99.1 Å². The standard InChI is InChI=1S/C21H16INO4/c22-18-11-5-4-10-17(18)20(24)23-19(13-16-9-6-12-26-16)21(25)27-14-15-7-2-1-3-8-15/h1-13H,14H2,(H,23,24). The van der Waals surface area contributed by atoms with E-state index in [1.807, 2.05) is 42.5 Å². The Labute approximate surface area is 170 Å². The molecule has 0 spiro atoms. The lowest BCUT2D eigenvalue weighted by molar-refractivity contribution is -0.140. The average Bonchev–Trinajstić information content (AvgIpc) is 3.20. The molecule has 1 aromatic heterocycles. The van der Waals surface area contributed by atoms with E-state index < -0.39 is 11.9 Å². The van der Waals surface area contributed by atoms with Gasteiger partial charge in [0.05, 0.1) is 11.8 Å². The molecule has 0 saturated carbocycles. The Kier molecular flexibility index (Phi) is 6.43. The van der Waals surface area contributed by atoms with Crippen LogP contribution in [0.15, 0.2) is 83.1 Å². The lowest BCUT2D eigenvalue weighted by Gasteiger charge is -2.11. The minimum Gasteiger partial charge on any atom is -0.465 e. The van der Waals surface area contributed by atoms with Crippen molar-refractivity contribution in [2.24, 2.45) is 0 Å². The van der Waals surface area contributed by atoms with Crippen molar-refractivity contribution >= 4 is 40.5 Å². The molecule has 0 radical (unpaired) electrons. The maximum Gasteiger partial charge on any atom is 0.355 e. The van der Waals surface area contributed by atoms with Crippen LogP contribution in [0.25, 0.3) is 6.08 Å². The fraction of sp³-hybridized carbons (Fsp3) is 0.0476. The summed E-state index contributed by atoms with van der Waals surface area (Å²) in [5, 5.41) is 2.63. The molecule has 1 heterocycles. The topological polar surface area (TPSA) is 68.5 Å². The van der Waals surface area contributed by atoms with Crippen LogP contribution in [-0.4, -0.2) is 11.9 Å². The van der Waals surface area contributed by atoms with E-state index in [2.05, 4.69) is 27.9 Å². The van der Waals surface area contributed by atoms with Gasteiger partial charge in [0.2, 0.25) is 0 Å². The van der Waals surface area contributed by atoms with E-state index in [-0.39, 0.29) is 12.3 Å². The van der Waals surface area contributed by atoms with Crippen LogP contribution < -0.4 is 5.32 Å². The van der Waals surface area contributed by atoms with Gasteiger partial charge < -0.3 is 14.5 Å². The van der Waals surface area contributed by atoms with E-state index >= 15 is 0 Å². The summed E-state index contributed by atoms with van der Waals surface area (Å²) >= 11 is 2.07. The van der Waals surface area contributed by atoms with Crippen LogP contribution in [0.2, 0.25) is 0 Å². The molecular formula is C21H16INO4. The largest absolute Gasteiger partial charge is 0.465 e. The quantitative estimate of drug-likeness (QED) is 0.328. The van der Waals surface area contributed by atoms with E-state index in [4.69, 9.17) is 9.15 Å². The number of hydrogen-bond donors (Lipinski definition) is 1. The fourth-order valence-corrected chi connectivity index (χ4v) is 2.93. The van der Waals surface area contributed by atoms with Gasteiger partial charge in [0.25, 0.3) is 5.91 Å². The highest BCUT2D eigenvalue weighted by molar-refractivity contribution is 14.1. The number of amides is 1. The molecular weight excluding hydrogens is 457 g/mol. The van der Waals surface area contributed by atoms with Gasteiger partial charge in [-0.2, -0.15) is 0 Å². The molecule has 6 heteroatoms. The van der Waals surface area contributed by atoms with Crippen molar-refractivity contribution in [3.63, 3.8) is 0 Å². The van der Waals surface area contributed by atoms with Gasteiger partial charge in [-0.15, -0.1) is 0 Å². The molecule has 0 aliphatic heterocycles. The molecule has 0 atom stereocenters. The van der Waals surface area contributed by atoms with Gasteiger partial charge in [0, 0.05) is 9.65 Å². The molecule has 0 fully saturated rings. The Morgan fingerprint density at radius 2 is 1.74 bits per heavy atom. The summed E-state index contributed by atoms with van der Waals surface area (Å²) < 4.78 is 11.4. The van der Waals surface area contributed by atoms with Gasteiger partial charge in [-0.1, -0.05) is 42.5 Å². The maximum atomic E-state index is 12.6. The highest BCUT2D eigenvalue weighted by Gasteiger charge is 2.18. The summed E-state index contributed by atoms with van der Waals surface area (Å²) in [4.78, 5) is 25.1. The molecule has 0 unspecified atom stereocenters. The molecule has 136 valence electrons. The molecule has 1 N–H and O–H groups in total. The SMILES string of the molecule is O=C(OCc1ccccc1)C(=Cc1ccco1)NC(=O)c1ccccc1I. The average molecular weight is 473 g/mol. The van der Waals surface area contributed by atoms with Crippen LogP contribution in [-0.2, 0) is 16.1 Å². The lowest BCUT2D eigenvalue weighted by Crippen LogP contribution is -2.29. The Morgan fingerprint density at radius 3 is 2.44 bits per heavy atom. The second kappa shape index (κ2) is 9.18. The number of ether oxygens (including phenoxy) is 1.